The van der Waals surface area contributed by atoms with Crippen molar-refractivity contribution in [2.24, 2.45) is 11.8 Å². The van der Waals surface area contributed by atoms with Gasteiger partial charge < -0.3 is 10.6 Å². The molecular formula is C30H44N2. The summed E-state index contributed by atoms with van der Waals surface area (Å²) in [5.41, 5.74) is 8.15. The molecule has 0 radical (unpaired) electrons. The lowest BCUT2D eigenvalue weighted by Crippen LogP contribution is -2.08. The zero-order valence-corrected chi connectivity index (χ0v) is 20.7. The molecule has 2 nitrogen and oxygen atoms in total. The molecule has 0 spiro atoms. The van der Waals surface area contributed by atoms with Gasteiger partial charge in [0, 0.05) is 30.4 Å². The summed E-state index contributed by atoms with van der Waals surface area (Å²) < 4.78 is 0. The molecule has 32 heavy (non-hydrogen) atoms. The zero-order chi connectivity index (χ0) is 22.3. The van der Waals surface area contributed by atoms with Crippen LogP contribution in [0.2, 0.25) is 0 Å². The van der Waals surface area contributed by atoms with Crippen molar-refractivity contribution < 1.29 is 0 Å². The maximum atomic E-state index is 3.69. The number of benzene rings is 2. The molecule has 2 heteroatoms. The van der Waals surface area contributed by atoms with Crippen LogP contribution in [0.1, 0.15) is 99.3 Å². The van der Waals surface area contributed by atoms with E-state index in [4.69, 9.17) is 0 Å². The summed E-state index contributed by atoms with van der Waals surface area (Å²) in [6, 6.07) is 14.0. The summed E-state index contributed by atoms with van der Waals surface area (Å²) in [5.74, 6) is 2.31. The Morgan fingerprint density at radius 2 is 1.09 bits per heavy atom. The van der Waals surface area contributed by atoms with E-state index in [-0.39, 0.29) is 0 Å². The number of nitrogens with one attached hydrogen (secondary N) is 2. The van der Waals surface area contributed by atoms with Gasteiger partial charge in [-0.2, -0.15) is 0 Å². The minimum absolute atomic E-state index is 0.410. The fourth-order valence-corrected chi connectivity index (χ4v) is 5.92. The van der Waals surface area contributed by atoms with Crippen LogP contribution in [0.15, 0.2) is 36.4 Å². The molecule has 4 rings (SSSR count). The molecule has 0 heterocycles. The molecule has 0 amide bonds. The van der Waals surface area contributed by atoms with Crippen LogP contribution >= 0.6 is 0 Å². The van der Waals surface area contributed by atoms with Gasteiger partial charge >= 0.3 is 0 Å². The summed E-state index contributed by atoms with van der Waals surface area (Å²) in [5, 5.41) is 7.39. The van der Waals surface area contributed by atoms with Gasteiger partial charge in [0.25, 0.3) is 0 Å². The van der Waals surface area contributed by atoms with Crippen LogP contribution in [0.5, 0.6) is 0 Å². The third kappa shape index (κ3) is 6.09. The highest BCUT2D eigenvalue weighted by molar-refractivity contribution is 5.55. The lowest BCUT2D eigenvalue weighted by atomic mass is 9.90. The average Bonchev–Trinajstić information content (AvgIpc) is 3.50. The van der Waals surface area contributed by atoms with Gasteiger partial charge in [-0.3, -0.25) is 0 Å². The molecule has 2 aromatic rings. The van der Waals surface area contributed by atoms with E-state index < -0.39 is 0 Å². The summed E-state index contributed by atoms with van der Waals surface area (Å²) >= 11 is 0. The monoisotopic (exact) mass is 432 g/mol. The van der Waals surface area contributed by atoms with Crippen LogP contribution in [0, 0.1) is 25.7 Å². The predicted molar refractivity (Wildman–Crippen MR) is 140 cm³/mol. The van der Waals surface area contributed by atoms with Crippen molar-refractivity contribution in [2.45, 2.75) is 90.9 Å². The molecule has 2 aliphatic rings. The van der Waals surface area contributed by atoms with Crippen LogP contribution in [0.3, 0.4) is 0 Å². The Bertz CT molecular complexity index is 788. The molecule has 174 valence electrons. The summed E-state index contributed by atoms with van der Waals surface area (Å²) in [4.78, 5) is 0. The normalized spacial score (nSPS) is 17.4. The average molecular weight is 433 g/mol. The number of hydrogen-bond donors (Lipinski definition) is 2. The van der Waals surface area contributed by atoms with E-state index in [0.29, 0.717) is 5.92 Å². The first-order valence-corrected chi connectivity index (χ1v) is 13.3. The van der Waals surface area contributed by atoms with Gasteiger partial charge in [-0.1, -0.05) is 82.6 Å². The maximum absolute atomic E-state index is 3.69. The fourth-order valence-electron chi connectivity index (χ4n) is 5.92. The fraction of sp³-hybridized carbons (Fsp3) is 0.600. The van der Waals surface area contributed by atoms with Crippen LogP contribution in [-0.4, -0.2) is 13.1 Å². The number of aryl methyl sites for hydroxylation is 2. The van der Waals surface area contributed by atoms with E-state index in [9.17, 15) is 0 Å². The molecule has 0 aliphatic heterocycles. The standard InChI is InChI=1S/C30H44N2/c1-22-20-27(12-14-29(22)31-18-16-25-8-4-5-9-25)24(3)28-13-15-30(23(2)21-28)32-19-17-26-10-6-7-11-26/h12-15,20-21,24-26,31-32H,4-11,16-19H2,1-3H3. The van der Waals surface area contributed by atoms with E-state index in [1.165, 1.54) is 97.8 Å². The van der Waals surface area contributed by atoms with Gasteiger partial charge in [0.05, 0.1) is 0 Å². The van der Waals surface area contributed by atoms with Gasteiger partial charge in [0.2, 0.25) is 0 Å². The topological polar surface area (TPSA) is 24.1 Å². The molecule has 0 aromatic heterocycles. The lowest BCUT2D eigenvalue weighted by molar-refractivity contribution is 0.518. The van der Waals surface area contributed by atoms with E-state index in [1.54, 1.807) is 0 Å². The molecule has 0 saturated heterocycles. The third-order valence-corrected chi connectivity index (χ3v) is 8.19. The van der Waals surface area contributed by atoms with Crippen molar-refractivity contribution in [1.29, 1.82) is 0 Å². The van der Waals surface area contributed by atoms with Crippen molar-refractivity contribution in [2.75, 3.05) is 23.7 Å². The number of anilines is 2. The molecule has 2 aromatic carbocycles. The summed E-state index contributed by atoms with van der Waals surface area (Å²) in [6.45, 7) is 9.04. The minimum atomic E-state index is 0.410. The van der Waals surface area contributed by atoms with Crippen molar-refractivity contribution in [3.8, 4) is 0 Å². The second-order valence-electron chi connectivity index (χ2n) is 10.6. The Labute approximate surface area is 196 Å². The second-order valence-corrected chi connectivity index (χ2v) is 10.6. The summed E-state index contributed by atoms with van der Waals surface area (Å²) in [7, 11) is 0. The molecule has 0 unspecified atom stereocenters. The lowest BCUT2D eigenvalue weighted by Gasteiger charge is -2.19. The van der Waals surface area contributed by atoms with Crippen LogP contribution in [-0.2, 0) is 0 Å². The van der Waals surface area contributed by atoms with E-state index in [2.05, 4.69) is 67.8 Å². The van der Waals surface area contributed by atoms with Crippen LogP contribution in [0.25, 0.3) is 0 Å². The molecular weight excluding hydrogens is 388 g/mol. The van der Waals surface area contributed by atoms with Crippen LogP contribution in [0.4, 0.5) is 11.4 Å². The molecule has 2 N–H and O–H groups in total. The first-order valence-electron chi connectivity index (χ1n) is 13.3. The van der Waals surface area contributed by atoms with Crippen molar-refractivity contribution in [3.05, 3.63) is 58.7 Å². The van der Waals surface area contributed by atoms with Gasteiger partial charge in [0.1, 0.15) is 0 Å². The highest BCUT2D eigenvalue weighted by atomic mass is 14.9. The second kappa shape index (κ2) is 11.3. The number of hydrogen-bond acceptors (Lipinski definition) is 2. The Morgan fingerprint density at radius 3 is 1.47 bits per heavy atom. The molecule has 2 saturated carbocycles. The number of rotatable bonds is 10. The first-order chi connectivity index (χ1) is 15.6. The molecule has 2 aliphatic carbocycles. The maximum Gasteiger partial charge on any atom is 0.0370 e. The van der Waals surface area contributed by atoms with E-state index >= 15 is 0 Å². The predicted octanol–water partition coefficient (Wildman–Crippen LogP) is 8.44. The third-order valence-electron chi connectivity index (χ3n) is 8.19. The highest BCUT2D eigenvalue weighted by Gasteiger charge is 2.16. The Balaban J connectivity index is 1.31. The van der Waals surface area contributed by atoms with Gasteiger partial charge in [-0.05, 0) is 72.9 Å². The van der Waals surface area contributed by atoms with Crippen LogP contribution < -0.4 is 10.6 Å². The minimum Gasteiger partial charge on any atom is -0.385 e. The summed E-state index contributed by atoms with van der Waals surface area (Å²) in [6.07, 6.45) is 14.1. The molecule has 2 fully saturated rings. The molecule has 0 bridgehead atoms. The van der Waals surface area contributed by atoms with Crippen molar-refractivity contribution in [1.82, 2.24) is 0 Å². The Kier molecular flexibility index (Phi) is 8.16. The van der Waals surface area contributed by atoms with Gasteiger partial charge in [0.15, 0.2) is 0 Å². The van der Waals surface area contributed by atoms with Crippen molar-refractivity contribution >= 4 is 11.4 Å². The zero-order valence-electron chi connectivity index (χ0n) is 20.7. The molecule has 0 atom stereocenters. The Hall–Kier alpha value is -1.96. The van der Waals surface area contributed by atoms with E-state index in [1.807, 2.05) is 0 Å². The largest absolute Gasteiger partial charge is 0.385 e. The Morgan fingerprint density at radius 1 is 0.688 bits per heavy atom. The van der Waals surface area contributed by atoms with E-state index in [0.717, 1.165) is 24.9 Å². The smallest absolute Gasteiger partial charge is 0.0370 e. The SMILES string of the molecule is Cc1cc(C(C)c2ccc(NCCC3CCCC3)c(C)c2)ccc1NCCC1CCCC1. The first kappa shape index (κ1) is 23.2. The highest BCUT2D eigenvalue weighted by Crippen LogP contribution is 2.31. The van der Waals surface area contributed by atoms with Gasteiger partial charge in [-0.25, -0.2) is 0 Å². The van der Waals surface area contributed by atoms with Gasteiger partial charge in [-0.15, -0.1) is 0 Å². The quantitative estimate of drug-likeness (QED) is 0.393. The van der Waals surface area contributed by atoms with Crippen molar-refractivity contribution in [3.63, 3.8) is 0 Å².